The van der Waals surface area contributed by atoms with Crippen molar-refractivity contribution in [2.75, 3.05) is 12.3 Å². The van der Waals surface area contributed by atoms with E-state index in [-0.39, 0.29) is 6.61 Å². The Morgan fingerprint density at radius 2 is 2.40 bits per heavy atom. The molecule has 2 aromatic heterocycles. The molecule has 6 heteroatoms. The first-order valence-electron chi connectivity index (χ1n) is 4.40. The average Bonchev–Trinajstić information content (AvgIpc) is 2.75. The van der Waals surface area contributed by atoms with Gasteiger partial charge in [-0.3, -0.25) is 0 Å². The molecule has 0 fully saturated rings. The van der Waals surface area contributed by atoms with Crippen LogP contribution >= 0.6 is 22.9 Å². The summed E-state index contributed by atoms with van der Waals surface area (Å²) in [7, 11) is 0. The summed E-state index contributed by atoms with van der Waals surface area (Å²) in [6.45, 7) is 0.415. The number of aliphatic hydroxyl groups excluding tert-OH is 1. The molecule has 0 aliphatic carbocycles. The summed E-state index contributed by atoms with van der Waals surface area (Å²) in [5.41, 5.74) is 6.49. The number of aliphatic hydroxyl groups is 1. The van der Waals surface area contributed by atoms with E-state index in [2.05, 4.69) is 5.10 Å². The van der Waals surface area contributed by atoms with E-state index >= 15 is 0 Å². The second kappa shape index (κ2) is 4.22. The van der Waals surface area contributed by atoms with Crippen molar-refractivity contribution in [3.63, 3.8) is 0 Å². The van der Waals surface area contributed by atoms with Crippen molar-refractivity contribution >= 4 is 28.8 Å². The minimum atomic E-state index is 0.0174. The highest BCUT2D eigenvalue weighted by atomic mass is 35.5. The van der Waals surface area contributed by atoms with Crippen LogP contribution in [0.5, 0.6) is 0 Å². The summed E-state index contributed by atoms with van der Waals surface area (Å²) >= 11 is 7.50. The number of anilines is 1. The summed E-state index contributed by atoms with van der Waals surface area (Å²) in [4.78, 5) is 0.903. The van der Waals surface area contributed by atoms with Crippen molar-refractivity contribution < 1.29 is 5.11 Å². The number of thiophene rings is 1. The minimum Gasteiger partial charge on any atom is -0.394 e. The number of hydrogen-bond donors (Lipinski definition) is 2. The molecule has 0 amide bonds. The molecular formula is C9H10ClN3OS. The zero-order valence-electron chi connectivity index (χ0n) is 7.85. The molecule has 0 aliphatic rings. The Balaban J connectivity index is 2.38. The lowest BCUT2D eigenvalue weighted by atomic mass is 10.3. The number of nitrogen functional groups attached to an aromatic ring is 1. The minimum absolute atomic E-state index is 0.0174. The summed E-state index contributed by atoms with van der Waals surface area (Å²) in [5, 5.41) is 15.6. The number of rotatable bonds is 3. The zero-order valence-corrected chi connectivity index (χ0v) is 9.42. The van der Waals surface area contributed by atoms with Gasteiger partial charge < -0.3 is 10.8 Å². The van der Waals surface area contributed by atoms with Gasteiger partial charge in [-0.25, -0.2) is 4.68 Å². The van der Waals surface area contributed by atoms with Gasteiger partial charge in [-0.15, -0.1) is 11.3 Å². The molecule has 0 saturated carbocycles. The SMILES string of the molecule is Nc1cc(-c2sccc2Cl)nn1CCO. The predicted molar refractivity (Wildman–Crippen MR) is 62.0 cm³/mol. The fourth-order valence-corrected chi connectivity index (χ4v) is 2.40. The van der Waals surface area contributed by atoms with E-state index in [1.165, 1.54) is 11.3 Å². The van der Waals surface area contributed by atoms with Crippen molar-refractivity contribution in [2.45, 2.75) is 6.54 Å². The maximum absolute atomic E-state index is 8.80. The second-order valence-electron chi connectivity index (χ2n) is 3.00. The predicted octanol–water partition coefficient (Wildman–Crippen LogP) is 1.84. The molecule has 0 saturated heterocycles. The Labute approximate surface area is 95.9 Å². The van der Waals surface area contributed by atoms with Crippen LogP contribution in [-0.2, 0) is 6.54 Å². The first-order valence-corrected chi connectivity index (χ1v) is 5.65. The van der Waals surface area contributed by atoms with Gasteiger partial charge in [-0.2, -0.15) is 5.10 Å². The van der Waals surface area contributed by atoms with E-state index in [1.807, 2.05) is 11.4 Å². The molecule has 3 N–H and O–H groups in total. The normalized spacial score (nSPS) is 10.8. The van der Waals surface area contributed by atoms with Crippen molar-refractivity contribution in [3.8, 4) is 10.6 Å². The molecule has 2 rings (SSSR count). The Hall–Kier alpha value is -1.04. The first kappa shape index (κ1) is 10.5. The molecule has 0 spiro atoms. The van der Waals surface area contributed by atoms with Crippen LogP contribution in [0.15, 0.2) is 17.5 Å². The molecular weight excluding hydrogens is 234 g/mol. The Bertz CT molecular complexity index is 466. The molecule has 4 nitrogen and oxygen atoms in total. The third-order valence-electron chi connectivity index (χ3n) is 1.97. The largest absolute Gasteiger partial charge is 0.394 e. The van der Waals surface area contributed by atoms with Gasteiger partial charge in [0.05, 0.1) is 23.1 Å². The maximum Gasteiger partial charge on any atom is 0.122 e. The second-order valence-corrected chi connectivity index (χ2v) is 4.32. The van der Waals surface area contributed by atoms with Crippen LogP contribution in [-0.4, -0.2) is 21.5 Å². The quantitative estimate of drug-likeness (QED) is 0.865. The highest BCUT2D eigenvalue weighted by Crippen LogP contribution is 2.32. The van der Waals surface area contributed by atoms with E-state index < -0.39 is 0 Å². The van der Waals surface area contributed by atoms with E-state index in [9.17, 15) is 0 Å². The number of hydrogen-bond acceptors (Lipinski definition) is 4. The number of halogens is 1. The first-order chi connectivity index (χ1) is 7.22. The van der Waals surface area contributed by atoms with E-state index in [1.54, 1.807) is 10.7 Å². The van der Waals surface area contributed by atoms with Crippen molar-refractivity contribution in [2.24, 2.45) is 0 Å². The fraction of sp³-hybridized carbons (Fsp3) is 0.222. The lowest BCUT2D eigenvalue weighted by Gasteiger charge is -1.98. The highest BCUT2D eigenvalue weighted by molar-refractivity contribution is 7.14. The molecule has 2 aromatic rings. The third kappa shape index (κ3) is 1.99. The number of nitrogens with two attached hydrogens (primary N) is 1. The van der Waals surface area contributed by atoms with Crippen LogP contribution < -0.4 is 5.73 Å². The van der Waals surface area contributed by atoms with Crippen LogP contribution in [0, 0.1) is 0 Å². The Morgan fingerprint density at radius 3 is 3.00 bits per heavy atom. The van der Waals surface area contributed by atoms with E-state index in [0.29, 0.717) is 17.4 Å². The summed E-state index contributed by atoms with van der Waals surface area (Å²) in [5.74, 6) is 0.531. The fourth-order valence-electron chi connectivity index (χ4n) is 1.29. The molecule has 0 radical (unpaired) electrons. The average molecular weight is 244 g/mol. The maximum atomic E-state index is 8.80. The lowest BCUT2D eigenvalue weighted by Crippen LogP contribution is -2.07. The Morgan fingerprint density at radius 1 is 1.60 bits per heavy atom. The number of nitrogens with zero attached hydrogens (tertiary/aromatic N) is 2. The molecule has 0 atom stereocenters. The van der Waals surface area contributed by atoms with Crippen molar-refractivity contribution in [1.82, 2.24) is 9.78 Å². The summed E-state index contributed by atoms with van der Waals surface area (Å²) < 4.78 is 1.56. The van der Waals surface area contributed by atoms with E-state index in [4.69, 9.17) is 22.4 Å². The van der Waals surface area contributed by atoms with Crippen LogP contribution in [0.1, 0.15) is 0 Å². The van der Waals surface area contributed by atoms with Crippen molar-refractivity contribution in [3.05, 3.63) is 22.5 Å². The smallest absolute Gasteiger partial charge is 0.122 e. The molecule has 80 valence electrons. The Kier molecular flexibility index (Phi) is 2.95. The van der Waals surface area contributed by atoms with Gasteiger partial charge in [0.25, 0.3) is 0 Å². The molecule has 0 aromatic carbocycles. The molecule has 15 heavy (non-hydrogen) atoms. The van der Waals surface area contributed by atoms with Gasteiger partial charge in [0.1, 0.15) is 11.5 Å². The summed E-state index contributed by atoms with van der Waals surface area (Å²) in [6.07, 6.45) is 0. The van der Waals surface area contributed by atoms with Crippen LogP contribution in [0.4, 0.5) is 5.82 Å². The zero-order chi connectivity index (χ0) is 10.8. The highest BCUT2D eigenvalue weighted by Gasteiger charge is 2.10. The van der Waals surface area contributed by atoms with Gasteiger partial charge in [0.2, 0.25) is 0 Å². The van der Waals surface area contributed by atoms with Gasteiger partial charge >= 0.3 is 0 Å². The number of aromatic nitrogens is 2. The molecule has 0 unspecified atom stereocenters. The third-order valence-corrected chi connectivity index (χ3v) is 3.34. The van der Waals surface area contributed by atoms with Gasteiger partial charge in [-0.05, 0) is 11.4 Å². The van der Waals surface area contributed by atoms with Gasteiger partial charge in [-0.1, -0.05) is 11.6 Å². The van der Waals surface area contributed by atoms with Crippen LogP contribution in [0.25, 0.3) is 10.6 Å². The van der Waals surface area contributed by atoms with Gasteiger partial charge in [0.15, 0.2) is 0 Å². The van der Waals surface area contributed by atoms with Gasteiger partial charge in [0, 0.05) is 6.07 Å². The summed E-state index contributed by atoms with van der Waals surface area (Å²) in [6, 6.07) is 3.58. The molecule has 0 bridgehead atoms. The standard InChI is InChI=1S/C9H10ClN3OS/c10-6-1-4-15-9(6)7-5-8(11)13(12-7)2-3-14/h1,4-5,14H,2-3,11H2. The molecule has 0 aliphatic heterocycles. The monoisotopic (exact) mass is 243 g/mol. The van der Waals surface area contributed by atoms with Crippen LogP contribution in [0.3, 0.4) is 0 Å². The van der Waals surface area contributed by atoms with Crippen LogP contribution in [0.2, 0.25) is 5.02 Å². The lowest BCUT2D eigenvalue weighted by molar-refractivity contribution is 0.270. The topological polar surface area (TPSA) is 64.1 Å². The van der Waals surface area contributed by atoms with Crippen molar-refractivity contribution in [1.29, 1.82) is 0 Å². The van der Waals surface area contributed by atoms with E-state index in [0.717, 1.165) is 10.6 Å². The molecule has 2 heterocycles.